The van der Waals surface area contributed by atoms with Gasteiger partial charge >= 0.3 is 5.97 Å². The molecular weight excluding hydrogens is 595 g/mol. The van der Waals surface area contributed by atoms with Crippen molar-refractivity contribution in [3.05, 3.63) is 139 Å². The molecule has 208 valence electrons. The molecule has 0 spiro atoms. The summed E-state index contributed by atoms with van der Waals surface area (Å²) >= 11 is 0. The summed E-state index contributed by atoms with van der Waals surface area (Å²) in [4.78, 5) is 12.2. The highest BCUT2D eigenvalue weighted by Gasteiger charge is 2.46. The van der Waals surface area contributed by atoms with E-state index in [1.54, 1.807) is 26.4 Å². The van der Waals surface area contributed by atoms with Crippen molar-refractivity contribution in [2.75, 3.05) is 21.3 Å². The average molecular weight is 628 g/mol. The molecule has 0 unspecified atom stereocenters. The molecule has 5 aromatic rings. The normalized spacial score (nSPS) is 10.8. The van der Waals surface area contributed by atoms with Crippen molar-refractivity contribution in [3.8, 4) is 22.6 Å². The molecule has 5 aromatic carbocycles. The van der Waals surface area contributed by atoms with Crippen molar-refractivity contribution in [3.63, 3.8) is 0 Å². The zero-order chi connectivity index (χ0) is 28.0. The van der Waals surface area contributed by atoms with Gasteiger partial charge in [0.15, 0.2) is 0 Å². The van der Waals surface area contributed by atoms with E-state index >= 15 is 0 Å². The number of carbonyl (C=O) groups is 1. The van der Waals surface area contributed by atoms with Crippen molar-refractivity contribution < 1.29 is 36.0 Å². The van der Waals surface area contributed by atoms with Crippen molar-refractivity contribution >= 4 is 29.1 Å². The van der Waals surface area contributed by atoms with Gasteiger partial charge in [-0.25, -0.2) is 4.79 Å². The van der Waals surface area contributed by atoms with Crippen molar-refractivity contribution in [1.29, 1.82) is 0 Å². The Kier molecular flexibility index (Phi) is 9.99. The number of esters is 1. The number of hydrogen-bond acceptors (Lipinski definition) is 4. The summed E-state index contributed by atoms with van der Waals surface area (Å²) in [6, 6.07) is 44.1. The molecule has 0 saturated carbocycles. The molecule has 0 bridgehead atoms. The Bertz CT molecular complexity index is 1490. The Balaban J connectivity index is 0.00000387. The fraction of sp³-hybridized carbons (Fsp3) is 0.114. The maximum absolute atomic E-state index is 12.2. The summed E-state index contributed by atoms with van der Waals surface area (Å²) in [5, 5.41) is 3.90. The molecular formula is C35H32BrO4P. The topological polar surface area (TPSA) is 44.8 Å². The smallest absolute Gasteiger partial charge is 0.337 e. The highest BCUT2D eigenvalue weighted by Crippen LogP contribution is 2.59. The van der Waals surface area contributed by atoms with E-state index in [1.165, 1.54) is 23.0 Å². The minimum Gasteiger partial charge on any atom is -1.00 e. The predicted octanol–water partition coefficient (Wildman–Crippen LogP) is 3.66. The van der Waals surface area contributed by atoms with Crippen LogP contribution in [0.5, 0.6) is 11.5 Å². The van der Waals surface area contributed by atoms with Gasteiger partial charge in [0.2, 0.25) is 0 Å². The van der Waals surface area contributed by atoms with Gasteiger partial charge in [-0.2, -0.15) is 0 Å². The Hall–Kier alpha value is -3.92. The highest BCUT2D eigenvalue weighted by molar-refractivity contribution is 7.95. The van der Waals surface area contributed by atoms with Gasteiger partial charge in [-0.1, -0.05) is 60.7 Å². The van der Waals surface area contributed by atoms with E-state index in [0.717, 1.165) is 28.6 Å². The van der Waals surface area contributed by atoms with Crippen LogP contribution in [0.1, 0.15) is 15.9 Å². The number of ether oxygens (including phenoxy) is 3. The minimum atomic E-state index is -2.18. The molecule has 0 aliphatic heterocycles. The van der Waals surface area contributed by atoms with E-state index in [-0.39, 0.29) is 17.0 Å². The van der Waals surface area contributed by atoms with Gasteiger partial charge in [-0.3, -0.25) is 0 Å². The molecule has 41 heavy (non-hydrogen) atoms. The van der Waals surface area contributed by atoms with Gasteiger partial charge < -0.3 is 31.2 Å². The van der Waals surface area contributed by atoms with E-state index in [0.29, 0.717) is 11.3 Å². The molecule has 0 fully saturated rings. The summed E-state index contributed by atoms with van der Waals surface area (Å²) in [5.41, 5.74) is 3.51. The first kappa shape index (κ1) is 30.0. The fourth-order valence-electron chi connectivity index (χ4n) is 5.27. The van der Waals surface area contributed by atoms with Crippen LogP contribution in [0.2, 0.25) is 0 Å². The molecule has 5 rings (SSSR count). The molecule has 0 heterocycles. The number of halogens is 1. The lowest BCUT2D eigenvalue weighted by Crippen LogP contribution is -3.00. The first-order valence-electron chi connectivity index (χ1n) is 13.1. The molecule has 4 nitrogen and oxygen atoms in total. The standard InChI is InChI=1S/C35H32O4P.BrH/c1-37-28-20-22-32(33-21-19-26(35(36)39-3)24-34(33)38-2)27(23-28)25-40(29-13-7-4-8-14-29,30-15-9-5-10-16-30)31-17-11-6-12-18-31;/h4-24H,25H2,1-3H3;1H/q+1;/p-1. The molecule has 0 N–H and O–H groups in total. The van der Waals surface area contributed by atoms with E-state index in [4.69, 9.17) is 14.2 Å². The first-order valence-corrected chi connectivity index (χ1v) is 15.1. The van der Waals surface area contributed by atoms with E-state index in [1.807, 2.05) is 12.1 Å². The predicted molar refractivity (Wildman–Crippen MR) is 165 cm³/mol. The van der Waals surface area contributed by atoms with Crippen LogP contribution < -0.4 is 42.4 Å². The third-order valence-corrected chi connectivity index (χ3v) is 11.6. The molecule has 0 saturated heterocycles. The molecule has 6 heteroatoms. The fourth-order valence-corrected chi connectivity index (χ4v) is 9.53. The van der Waals surface area contributed by atoms with E-state index in [2.05, 4.69) is 103 Å². The quantitative estimate of drug-likeness (QED) is 0.185. The van der Waals surface area contributed by atoms with Crippen LogP contribution in [0, 0.1) is 0 Å². The lowest BCUT2D eigenvalue weighted by Gasteiger charge is -2.29. The molecule has 0 atom stereocenters. The summed E-state index contributed by atoms with van der Waals surface area (Å²) in [6.07, 6.45) is 0.763. The van der Waals surface area contributed by atoms with E-state index < -0.39 is 13.2 Å². The van der Waals surface area contributed by atoms with Crippen LogP contribution >= 0.6 is 7.26 Å². The molecule has 0 aromatic heterocycles. The van der Waals surface area contributed by atoms with Gasteiger partial charge in [0.25, 0.3) is 0 Å². The lowest BCUT2D eigenvalue weighted by atomic mass is 9.98. The van der Waals surface area contributed by atoms with Crippen LogP contribution in [0.4, 0.5) is 0 Å². The highest BCUT2D eigenvalue weighted by atomic mass is 79.9. The SMILES string of the molecule is COC(=O)c1ccc(-c2ccc(OC)cc2C[P+](c2ccccc2)(c2ccccc2)c2ccccc2)c(OC)c1.[Br-]. The second-order valence-corrected chi connectivity index (χ2v) is 12.9. The van der Waals surface area contributed by atoms with Gasteiger partial charge in [0.1, 0.15) is 34.7 Å². The number of carbonyl (C=O) groups excluding carboxylic acids is 1. The van der Waals surface area contributed by atoms with E-state index in [9.17, 15) is 4.79 Å². The maximum Gasteiger partial charge on any atom is 0.337 e. The zero-order valence-corrected chi connectivity index (χ0v) is 25.8. The average Bonchev–Trinajstić information content (AvgIpc) is 3.04. The third-order valence-electron chi connectivity index (χ3n) is 7.22. The van der Waals surface area contributed by atoms with Gasteiger partial charge in [-0.15, -0.1) is 0 Å². The molecule has 0 radical (unpaired) electrons. The zero-order valence-electron chi connectivity index (χ0n) is 23.3. The number of benzene rings is 5. The second kappa shape index (κ2) is 13.6. The summed E-state index contributed by atoms with van der Waals surface area (Å²) in [5.74, 6) is 0.996. The Morgan fingerprint density at radius 2 is 1.12 bits per heavy atom. The molecule has 0 aliphatic carbocycles. The molecule has 0 amide bonds. The molecule has 0 aliphatic rings. The summed E-state index contributed by atoms with van der Waals surface area (Å²) in [7, 11) is 2.52. The third kappa shape index (κ3) is 6.07. The van der Waals surface area contributed by atoms with Crippen LogP contribution in [-0.2, 0) is 10.9 Å². The number of hydrogen-bond donors (Lipinski definition) is 0. The van der Waals surface area contributed by atoms with Gasteiger partial charge in [-0.05, 0) is 72.3 Å². The van der Waals surface area contributed by atoms with Crippen molar-refractivity contribution in [2.45, 2.75) is 6.16 Å². The van der Waals surface area contributed by atoms with Gasteiger partial charge in [0, 0.05) is 11.1 Å². The van der Waals surface area contributed by atoms with Crippen molar-refractivity contribution in [1.82, 2.24) is 0 Å². The number of methoxy groups -OCH3 is 3. The largest absolute Gasteiger partial charge is 1.00 e. The Morgan fingerprint density at radius 3 is 1.59 bits per heavy atom. The lowest BCUT2D eigenvalue weighted by molar-refractivity contribution is -0.0000228. The monoisotopic (exact) mass is 626 g/mol. The minimum absolute atomic E-state index is 0. The van der Waals surface area contributed by atoms with Crippen LogP contribution in [-0.4, -0.2) is 27.3 Å². The van der Waals surface area contributed by atoms with Crippen LogP contribution in [0.3, 0.4) is 0 Å². The maximum atomic E-state index is 12.2. The second-order valence-electron chi connectivity index (χ2n) is 9.40. The Labute approximate surface area is 253 Å². The van der Waals surface area contributed by atoms with Crippen LogP contribution in [0.15, 0.2) is 127 Å². The van der Waals surface area contributed by atoms with Crippen molar-refractivity contribution in [2.24, 2.45) is 0 Å². The summed E-state index contributed by atoms with van der Waals surface area (Å²) in [6.45, 7) is 0. The van der Waals surface area contributed by atoms with Crippen LogP contribution in [0.25, 0.3) is 11.1 Å². The number of rotatable bonds is 9. The summed E-state index contributed by atoms with van der Waals surface area (Å²) < 4.78 is 16.5. The van der Waals surface area contributed by atoms with Gasteiger partial charge in [0.05, 0.1) is 33.1 Å². The first-order chi connectivity index (χ1) is 19.6. The Morgan fingerprint density at radius 1 is 0.610 bits per heavy atom.